The molecule has 0 amide bonds. The van der Waals surface area contributed by atoms with Gasteiger partial charge in [-0.2, -0.15) is 0 Å². The molecular formula is C20H26O. The highest BCUT2D eigenvalue weighted by Gasteiger charge is 2.14. The van der Waals surface area contributed by atoms with Gasteiger partial charge in [-0.15, -0.1) is 0 Å². The molecule has 0 radical (unpaired) electrons. The van der Waals surface area contributed by atoms with Crippen LogP contribution in [0.5, 0.6) is 0 Å². The lowest BCUT2D eigenvalue weighted by atomic mass is 9.86. The number of hydrogen-bond donors (Lipinski definition) is 1. The van der Waals surface area contributed by atoms with E-state index in [1.807, 2.05) is 6.07 Å². The van der Waals surface area contributed by atoms with Gasteiger partial charge in [0, 0.05) is 0 Å². The quantitative estimate of drug-likeness (QED) is 0.814. The van der Waals surface area contributed by atoms with E-state index in [4.69, 9.17) is 0 Å². The first-order valence-corrected chi connectivity index (χ1v) is 7.79. The van der Waals surface area contributed by atoms with Crippen molar-refractivity contribution >= 4 is 0 Å². The highest BCUT2D eigenvalue weighted by atomic mass is 16.3. The Kier molecular flexibility index (Phi) is 5.19. The van der Waals surface area contributed by atoms with Crippen molar-refractivity contribution in [3.8, 4) is 0 Å². The van der Waals surface area contributed by atoms with Crippen molar-refractivity contribution in [2.75, 3.05) is 0 Å². The zero-order valence-electron chi connectivity index (χ0n) is 13.3. The standard InChI is InChI=1S/C20H26O/c1-20(2,3)18-14-12-17(13-15-18)19(21)11-7-10-16-8-5-4-6-9-16/h4-6,8-9,12-15,19,21H,7,10-11H2,1-3H3. The average molecular weight is 282 g/mol. The van der Waals surface area contributed by atoms with Gasteiger partial charge in [0.15, 0.2) is 0 Å². The summed E-state index contributed by atoms with van der Waals surface area (Å²) in [5.74, 6) is 0. The molecule has 112 valence electrons. The molecule has 2 aromatic rings. The molecule has 0 aliphatic carbocycles. The third-order valence-electron chi connectivity index (χ3n) is 3.95. The van der Waals surface area contributed by atoms with Crippen LogP contribution in [0.15, 0.2) is 54.6 Å². The van der Waals surface area contributed by atoms with Crippen molar-refractivity contribution < 1.29 is 5.11 Å². The van der Waals surface area contributed by atoms with Crippen LogP contribution in [0.2, 0.25) is 0 Å². The summed E-state index contributed by atoms with van der Waals surface area (Å²) in [6.07, 6.45) is 2.48. The van der Waals surface area contributed by atoms with E-state index < -0.39 is 0 Å². The Morgan fingerprint density at radius 3 is 2.10 bits per heavy atom. The van der Waals surface area contributed by atoms with Crippen LogP contribution in [0, 0.1) is 0 Å². The summed E-state index contributed by atoms with van der Waals surface area (Å²) in [5.41, 5.74) is 3.84. The number of benzene rings is 2. The Labute approximate surface area is 128 Å². The van der Waals surface area contributed by atoms with E-state index in [2.05, 4.69) is 69.3 Å². The normalized spacial score (nSPS) is 13.1. The number of hydrogen-bond acceptors (Lipinski definition) is 1. The fourth-order valence-corrected chi connectivity index (χ4v) is 2.52. The SMILES string of the molecule is CC(C)(C)c1ccc(C(O)CCCc2ccccc2)cc1. The summed E-state index contributed by atoms with van der Waals surface area (Å²) in [6, 6.07) is 18.9. The highest BCUT2D eigenvalue weighted by molar-refractivity contribution is 5.28. The summed E-state index contributed by atoms with van der Waals surface area (Å²) >= 11 is 0. The van der Waals surface area contributed by atoms with Gasteiger partial charge in [0.05, 0.1) is 6.10 Å². The maximum Gasteiger partial charge on any atom is 0.0790 e. The molecule has 2 rings (SSSR count). The average Bonchev–Trinajstić information content (AvgIpc) is 2.47. The molecule has 0 aliphatic heterocycles. The molecule has 1 nitrogen and oxygen atoms in total. The molecule has 0 saturated heterocycles. The molecule has 21 heavy (non-hydrogen) atoms. The molecule has 2 aromatic carbocycles. The lowest BCUT2D eigenvalue weighted by Crippen LogP contribution is -2.11. The molecule has 0 aliphatic rings. The Hall–Kier alpha value is -1.60. The van der Waals surface area contributed by atoms with Crippen LogP contribution in [0.1, 0.15) is 56.4 Å². The van der Waals surface area contributed by atoms with Crippen molar-refractivity contribution in [3.63, 3.8) is 0 Å². The maximum atomic E-state index is 10.3. The van der Waals surface area contributed by atoms with Gasteiger partial charge in [0.25, 0.3) is 0 Å². The summed E-state index contributed by atoms with van der Waals surface area (Å²) in [6.45, 7) is 6.62. The Morgan fingerprint density at radius 1 is 0.905 bits per heavy atom. The first-order valence-electron chi connectivity index (χ1n) is 7.79. The Morgan fingerprint density at radius 2 is 1.52 bits per heavy atom. The van der Waals surface area contributed by atoms with Crippen LogP contribution in [-0.4, -0.2) is 5.11 Å². The molecule has 0 aromatic heterocycles. The van der Waals surface area contributed by atoms with Gasteiger partial charge in [-0.3, -0.25) is 0 Å². The number of aryl methyl sites for hydroxylation is 1. The predicted molar refractivity (Wildman–Crippen MR) is 89.5 cm³/mol. The molecule has 1 atom stereocenters. The molecule has 0 bridgehead atoms. The van der Waals surface area contributed by atoms with Gasteiger partial charge in [0.2, 0.25) is 0 Å². The third kappa shape index (κ3) is 4.71. The van der Waals surface area contributed by atoms with E-state index in [1.54, 1.807) is 0 Å². The highest BCUT2D eigenvalue weighted by Crippen LogP contribution is 2.25. The third-order valence-corrected chi connectivity index (χ3v) is 3.95. The van der Waals surface area contributed by atoms with Crippen molar-refractivity contribution in [2.45, 2.75) is 51.6 Å². The van der Waals surface area contributed by atoms with Crippen LogP contribution in [0.3, 0.4) is 0 Å². The molecular weight excluding hydrogens is 256 g/mol. The van der Waals surface area contributed by atoms with Gasteiger partial charge in [-0.1, -0.05) is 75.4 Å². The van der Waals surface area contributed by atoms with Crippen LogP contribution >= 0.6 is 0 Å². The van der Waals surface area contributed by atoms with Gasteiger partial charge in [0.1, 0.15) is 0 Å². The molecule has 0 spiro atoms. The van der Waals surface area contributed by atoms with E-state index in [0.717, 1.165) is 24.8 Å². The van der Waals surface area contributed by atoms with Crippen molar-refractivity contribution in [1.29, 1.82) is 0 Å². The fourth-order valence-electron chi connectivity index (χ4n) is 2.52. The lowest BCUT2D eigenvalue weighted by Gasteiger charge is -2.20. The molecule has 0 heterocycles. The second-order valence-corrected chi connectivity index (χ2v) is 6.77. The van der Waals surface area contributed by atoms with E-state index in [-0.39, 0.29) is 11.5 Å². The summed E-state index contributed by atoms with van der Waals surface area (Å²) in [5, 5.41) is 10.3. The Bertz CT molecular complexity index is 534. The van der Waals surface area contributed by atoms with Crippen molar-refractivity contribution in [1.82, 2.24) is 0 Å². The second kappa shape index (κ2) is 6.91. The van der Waals surface area contributed by atoms with Gasteiger partial charge < -0.3 is 5.11 Å². The molecule has 0 fully saturated rings. The van der Waals surface area contributed by atoms with Gasteiger partial charge in [-0.05, 0) is 41.4 Å². The van der Waals surface area contributed by atoms with Crippen LogP contribution in [-0.2, 0) is 11.8 Å². The minimum Gasteiger partial charge on any atom is -0.388 e. The second-order valence-electron chi connectivity index (χ2n) is 6.77. The zero-order chi connectivity index (χ0) is 15.3. The molecule has 1 N–H and O–H groups in total. The van der Waals surface area contributed by atoms with Crippen molar-refractivity contribution in [2.24, 2.45) is 0 Å². The minimum atomic E-state index is -0.359. The van der Waals surface area contributed by atoms with Crippen molar-refractivity contribution in [3.05, 3.63) is 71.3 Å². The zero-order valence-corrected chi connectivity index (χ0v) is 13.3. The topological polar surface area (TPSA) is 20.2 Å². The number of rotatable bonds is 5. The first-order chi connectivity index (χ1) is 9.97. The smallest absolute Gasteiger partial charge is 0.0790 e. The van der Waals surface area contributed by atoms with E-state index in [1.165, 1.54) is 11.1 Å². The largest absolute Gasteiger partial charge is 0.388 e. The molecule has 1 unspecified atom stereocenters. The van der Waals surface area contributed by atoms with Crippen LogP contribution in [0.4, 0.5) is 0 Å². The predicted octanol–water partition coefficient (Wildman–Crippen LogP) is 5.04. The summed E-state index contributed by atoms with van der Waals surface area (Å²) < 4.78 is 0. The van der Waals surface area contributed by atoms with Gasteiger partial charge in [-0.25, -0.2) is 0 Å². The summed E-state index contributed by atoms with van der Waals surface area (Å²) in [7, 11) is 0. The summed E-state index contributed by atoms with van der Waals surface area (Å²) in [4.78, 5) is 0. The van der Waals surface area contributed by atoms with E-state index in [0.29, 0.717) is 0 Å². The first kappa shape index (κ1) is 15.8. The minimum absolute atomic E-state index is 0.163. The number of aliphatic hydroxyl groups is 1. The Balaban J connectivity index is 1.87. The van der Waals surface area contributed by atoms with Crippen LogP contribution < -0.4 is 0 Å². The lowest BCUT2D eigenvalue weighted by molar-refractivity contribution is 0.164. The number of aliphatic hydroxyl groups excluding tert-OH is 1. The van der Waals surface area contributed by atoms with E-state index in [9.17, 15) is 5.11 Å². The maximum absolute atomic E-state index is 10.3. The molecule has 0 saturated carbocycles. The monoisotopic (exact) mass is 282 g/mol. The van der Waals surface area contributed by atoms with Crippen LogP contribution in [0.25, 0.3) is 0 Å². The van der Waals surface area contributed by atoms with E-state index >= 15 is 0 Å². The fraction of sp³-hybridized carbons (Fsp3) is 0.400. The molecule has 1 heteroatoms. The van der Waals surface area contributed by atoms with Gasteiger partial charge >= 0.3 is 0 Å².